The molecule has 0 aliphatic heterocycles. The van der Waals surface area contributed by atoms with Gasteiger partial charge in [0.15, 0.2) is 6.29 Å². The standard InChI is InChI=1S/C10H17O4P/c1-4-7-8-10(9-11)15(12,13-5-2)14-6-3/h4,7-9H,5-6H2,1-3H3/b7-4+,10-8-. The molecule has 15 heavy (non-hydrogen) atoms. The monoisotopic (exact) mass is 232 g/mol. The smallest absolute Gasteiger partial charge is 0.305 e. The van der Waals surface area contributed by atoms with Crippen molar-refractivity contribution >= 4 is 13.9 Å². The highest BCUT2D eigenvalue weighted by molar-refractivity contribution is 7.59. The molecule has 0 unspecified atom stereocenters. The van der Waals surface area contributed by atoms with Gasteiger partial charge in [0.25, 0.3) is 0 Å². The third kappa shape index (κ3) is 4.56. The highest BCUT2D eigenvalue weighted by atomic mass is 31.2. The van der Waals surface area contributed by atoms with Crippen molar-refractivity contribution in [1.29, 1.82) is 0 Å². The van der Waals surface area contributed by atoms with Crippen LogP contribution in [0.15, 0.2) is 23.5 Å². The molecule has 0 fully saturated rings. The van der Waals surface area contributed by atoms with Gasteiger partial charge in [0, 0.05) is 0 Å². The quantitative estimate of drug-likeness (QED) is 0.293. The number of aldehydes is 1. The van der Waals surface area contributed by atoms with Gasteiger partial charge in [-0.1, -0.05) is 12.2 Å². The first-order valence-electron chi connectivity index (χ1n) is 4.82. The molecule has 0 aromatic rings. The summed E-state index contributed by atoms with van der Waals surface area (Å²) in [6, 6.07) is 0. The Morgan fingerprint density at radius 1 is 1.27 bits per heavy atom. The van der Waals surface area contributed by atoms with Crippen LogP contribution < -0.4 is 0 Å². The summed E-state index contributed by atoms with van der Waals surface area (Å²) in [5.41, 5.74) is 0. The van der Waals surface area contributed by atoms with E-state index in [1.165, 1.54) is 6.08 Å². The summed E-state index contributed by atoms with van der Waals surface area (Å²) in [5.74, 6) is 0. The number of hydrogen-bond acceptors (Lipinski definition) is 4. The molecule has 5 heteroatoms. The zero-order chi connectivity index (χ0) is 11.7. The first-order chi connectivity index (χ1) is 7.14. The fourth-order valence-corrected chi connectivity index (χ4v) is 2.37. The number of carbonyl (C=O) groups excluding carboxylic acids is 1. The lowest BCUT2D eigenvalue weighted by Crippen LogP contribution is -1.99. The van der Waals surface area contributed by atoms with Crippen molar-refractivity contribution in [2.24, 2.45) is 0 Å². The molecule has 0 saturated carbocycles. The molecule has 0 aromatic heterocycles. The predicted molar refractivity (Wildman–Crippen MR) is 59.8 cm³/mol. The van der Waals surface area contributed by atoms with Gasteiger partial charge in [-0.05, 0) is 26.8 Å². The van der Waals surface area contributed by atoms with E-state index in [-0.39, 0.29) is 18.5 Å². The summed E-state index contributed by atoms with van der Waals surface area (Å²) in [5, 5.41) is 0.0456. The minimum absolute atomic E-state index is 0.0456. The summed E-state index contributed by atoms with van der Waals surface area (Å²) in [6.45, 7) is 5.66. The number of hydrogen-bond donors (Lipinski definition) is 0. The van der Waals surface area contributed by atoms with Gasteiger partial charge >= 0.3 is 7.60 Å². The lowest BCUT2D eigenvalue weighted by molar-refractivity contribution is -0.104. The number of carbonyl (C=O) groups is 1. The average molecular weight is 232 g/mol. The van der Waals surface area contributed by atoms with Crippen LogP contribution in [0.1, 0.15) is 20.8 Å². The van der Waals surface area contributed by atoms with E-state index in [4.69, 9.17) is 9.05 Å². The van der Waals surface area contributed by atoms with Crippen molar-refractivity contribution < 1.29 is 18.4 Å². The van der Waals surface area contributed by atoms with Crippen molar-refractivity contribution in [3.05, 3.63) is 23.5 Å². The molecule has 0 rings (SSSR count). The van der Waals surface area contributed by atoms with Crippen LogP contribution in [-0.4, -0.2) is 19.5 Å². The van der Waals surface area contributed by atoms with Gasteiger partial charge in [-0.3, -0.25) is 9.36 Å². The summed E-state index contributed by atoms with van der Waals surface area (Å²) >= 11 is 0. The largest absolute Gasteiger partial charge is 0.364 e. The van der Waals surface area contributed by atoms with Gasteiger partial charge in [0.05, 0.1) is 13.2 Å². The first kappa shape index (κ1) is 14.3. The number of allylic oxidation sites excluding steroid dienone is 4. The Bertz CT molecular complexity index is 284. The van der Waals surface area contributed by atoms with Crippen LogP contribution in [0.2, 0.25) is 0 Å². The number of rotatable bonds is 7. The summed E-state index contributed by atoms with van der Waals surface area (Å²) in [7, 11) is -3.42. The second-order valence-electron chi connectivity index (χ2n) is 2.57. The van der Waals surface area contributed by atoms with E-state index in [2.05, 4.69) is 0 Å². The molecule has 0 aromatic carbocycles. The van der Waals surface area contributed by atoms with E-state index in [1.54, 1.807) is 32.9 Å². The highest BCUT2D eigenvalue weighted by Gasteiger charge is 2.28. The lowest BCUT2D eigenvalue weighted by Gasteiger charge is -2.16. The minimum Gasteiger partial charge on any atom is -0.305 e. The van der Waals surface area contributed by atoms with Crippen LogP contribution in [-0.2, 0) is 18.4 Å². The molecule has 4 nitrogen and oxygen atoms in total. The Labute approximate surface area is 90.5 Å². The predicted octanol–water partition coefficient (Wildman–Crippen LogP) is 2.91. The van der Waals surface area contributed by atoms with Gasteiger partial charge in [0.2, 0.25) is 0 Å². The van der Waals surface area contributed by atoms with Crippen molar-refractivity contribution in [2.45, 2.75) is 20.8 Å². The van der Waals surface area contributed by atoms with Crippen LogP contribution >= 0.6 is 7.60 Å². The highest BCUT2D eigenvalue weighted by Crippen LogP contribution is 2.54. The molecule has 0 heterocycles. The lowest BCUT2D eigenvalue weighted by atomic mass is 10.4. The van der Waals surface area contributed by atoms with E-state index in [9.17, 15) is 9.36 Å². The second kappa shape index (κ2) is 7.57. The van der Waals surface area contributed by atoms with E-state index in [0.717, 1.165) is 0 Å². The van der Waals surface area contributed by atoms with Crippen molar-refractivity contribution in [2.75, 3.05) is 13.2 Å². The third-order valence-corrected chi connectivity index (χ3v) is 3.58. The SMILES string of the molecule is C/C=C/C=C(/C=O)P(=O)(OCC)OCC. The zero-order valence-corrected chi connectivity index (χ0v) is 10.2. The summed E-state index contributed by atoms with van der Waals surface area (Å²) in [4.78, 5) is 10.8. The van der Waals surface area contributed by atoms with Gasteiger partial charge in [-0.15, -0.1) is 0 Å². The maximum atomic E-state index is 12.1. The molecule has 0 radical (unpaired) electrons. The van der Waals surface area contributed by atoms with Crippen LogP contribution in [0.3, 0.4) is 0 Å². The van der Waals surface area contributed by atoms with Crippen LogP contribution in [0.4, 0.5) is 0 Å². The van der Waals surface area contributed by atoms with Gasteiger partial charge < -0.3 is 9.05 Å². The van der Waals surface area contributed by atoms with Crippen LogP contribution in [0.5, 0.6) is 0 Å². The molecule has 0 aliphatic carbocycles. The molecular weight excluding hydrogens is 215 g/mol. The van der Waals surface area contributed by atoms with Gasteiger partial charge in [-0.25, -0.2) is 0 Å². The normalized spacial score (nSPS) is 13.4. The molecular formula is C10H17O4P. The van der Waals surface area contributed by atoms with E-state index < -0.39 is 7.60 Å². The molecule has 86 valence electrons. The van der Waals surface area contributed by atoms with Crippen molar-refractivity contribution in [3.63, 3.8) is 0 Å². The third-order valence-electron chi connectivity index (χ3n) is 1.49. The fraction of sp³-hybridized carbons (Fsp3) is 0.500. The van der Waals surface area contributed by atoms with Crippen LogP contribution in [0.25, 0.3) is 0 Å². The Morgan fingerprint density at radius 2 is 1.80 bits per heavy atom. The first-order valence-corrected chi connectivity index (χ1v) is 6.36. The zero-order valence-electron chi connectivity index (χ0n) is 9.30. The topological polar surface area (TPSA) is 52.6 Å². The summed E-state index contributed by atoms with van der Waals surface area (Å²) in [6.07, 6.45) is 5.30. The van der Waals surface area contributed by atoms with Gasteiger partial charge in [-0.2, -0.15) is 0 Å². The molecule has 0 bridgehead atoms. The Morgan fingerprint density at radius 3 is 2.13 bits per heavy atom. The minimum atomic E-state index is -3.42. The van der Waals surface area contributed by atoms with Crippen molar-refractivity contribution in [3.8, 4) is 0 Å². The molecule has 0 N–H and O–H groups in total. The molecule has 0 saturated heterocycles. The summed E-state index contributed by atoms with van der Waals surface area (Å²) < 4.78 is 22.1. The maximum absolute atomic E-state index is 12.1. The molecule has 0 spiro atoms. The van der Waals surface area contributed by atoms with Gasteiger partial charge in [0.1, 0.15) is 5.31 Å². The molecule has 0 atom stereocenters. The molecule has 0 amide bonds. The Hall–Kier alpha value is -0.700. The Kier molecular flexibility index (Phi) is 7.22. The maximum Gasteiger partial charge on any atom is 0.364 e. The molecule has 0 aliphatic rings. The van der Waals surface area contributed by atoms with E-state index in [1.807, 2.05) is 0 Å². The van der Waals surface area contributed by atoms with E-state index >= 15 is 0 Å². The average Bonchev–Trinajstić information content (AvgIpc) is 2.19. The van der Waals surface area contributed by atoms with E-state index in [0.29, 0.717) is 6.29 Å². The van der Waals surface area contributed by atoms with Crippen LogP contribution in [0, 0.1) is 0 Å². The second-order valence-corrected chi connectivity index (χ2v) is 4.60. The fourth-order valence-electron chi connectivity index (χ4n) is 0.916. The Balaban J connectivity index is 5.01. The van der Waals surface area contributed by atoms with Crippen molar-refractivity contribution in [1.82, 2.24) is 0 Å².